The Morgan fingerprint density at radius 2 is 2.12 bits per heavy atom. The van der Waals surface area contributed by atoms with Crippen LogP contribution >= 0.6 is 38.9 Å². The zero-order chi connectivity index (χ0) is 11.5. The van der Waals surface area contributed by atoms with E-state index in [1.165, 1.54) is 16.0 Å². The Kier molecular flexibility index (Phi) is 4.06. The molecule has 1 aromatic heterocycles. The van der Waals surface area contributed by atoms with Crippen LogP contribution in [-0.4, -0.2) is 0 Å². The number of rotatable bonds is 3. The van der Waals surface area contributed by atoms with Gasteiger partial charge in [-0.1, -0.05) is 57.4 Å². The van der Waals surface area contributed by atoms with E-state index in [-0.39, 0.29) is 0 Å². The molecule has 16 heavy (non-hydrogen) atoms. The molecule has 0 fully saturated rings. The van der Waals surface area contributed by atoms with E-state index in [2.05, 4.69) is 53.2 Å². The first-order valence-corrected chi connectivity index (χ1v) is 7.21. The van der Waals surface area contributed by atoms with Gasteiger partial charge in [-0.15, -0.1) is 11.3 Å². The van der Waals surface area contributed by atoms with Gasteiger partial charge < -0.3 is 0 Å². The van der Waals surface area contributed by atoms with Crippen molar-refractivity contribution in [3.63, 3.8) is 0 Å². The summed E-state index contributed by atoms with van der Waals surface area (Å²) in [6.45, 7) is 2.12. The highest BCUT2D eigenvalue weighted by atomic mass is 79.9. The first kappa shape index (κ1) is 12.2. The Labute approximate surface area is 113 Å². The van der Waals surface area contributed by atoms with Gasteiger partial charge in [-0.25, -0.2) is 0 Å². The highest BCUT2D eigenvalue weighted by Gasteiger charge is 2.10. The molecule has 1 unspecified atom stereocenters. The average Bonchev–Trinajstić information content (AvgIpc) is 2.65. The summed E-state index contributed by atoms with van der Waals surface area (Å²) >= 11 is 11.3. The van der Waals surface area contributed by atoms with Crippen LogP contribution in [0, 0.1) is 6.92 Å². The summed E-state index contributed by atoms with van der Waals surface area (Å²) in [5, 5.41) is 0. The second-order valence-corrected chi connectivity index (χ2v) is 6.65. The minimum absolute atomic E-state index is 0.354. The fraction of sp³-hybridized carbons (Fsp3) is 0.231. The molecule has 1 heterocycles. The Morgan fingerprint density at radius 1 is 1.31 bits per heavy atom. The van der Waals surface area contributed by atoms with Crippen molar-refractivity contribution in [3.8, 4) is 0 Å². The first-order valence-electron chi connectivity index (χ1n) is 5.10. The molecule has 0 saturated carbocycles. The summed E-state index contributed by atoms with van der Waals surface area (Å²) < 4.78 is 0.851. The highest BCUT2D eigenvalue weighted by Crippen LogP contribution is 2.34. The summed E-state index contributed by atoms with van der Waals surface area (Å²) in [5.74, 6) is 0. The second-order valence-electron chi connectivity index (χ2n) is 3.80. The fourth-order valence-corrected chi connectivity index (χ4v) is 3.49. The van der Waals surface area contributed by atoms with Crippen LogP contribution in [0.4, 0.5) is 0 Å². The molecule has 2 rings (SSSR count). The molecular formula is C13H12BrClS. The number of benzene rings is 1. The van der Waals surface area contributed by atoms with E-state index in [4.69, 9.17) is 11.6 Å². The van der Waals surface area contributed by atoms with Crippen LogP contribution in [0.5, 0.6) is 0 Å². The maximum atomic E-state index is 5.93. The van der Waals surface area contributed by atoms with E-state index < -0.39 is 0 Å². The Bertz CT molecular complexity index is 478. The molecule has 0 bridgehead atoms. The van der Waals surface area contributed by atoms with Crippen molar-refractivity contribution in [1.29, 1.82) is 0 Å². The second kappa shape index (κ2) is 5.35. The topological polar surface area (TPSA) is 0 Å². The molecule has 0 nitrogen and oxygen atoms in total. The van der Waals surface area contributed by atoms with Crippen LogP contribution in [0.1, 0.15) is 20.8 Å². The van der Waals surface area contributed by atoms with Gasteiger partial charge in [-0.05, 0) is 31.0 Å². The standard InChI is InChI=1S/C13H12BrClS/c1-9-3-2-4-10(7-9)8-11(14)12-5-6-13(15)16-12/h2-7,11H,8H2,1H3. The molecule has 84 valence electrons. The molecule has 1 atom stereocenters. The van der Waals surface area contributed by atoms with Gasteiger partial charge in [0.1, 0.15) is 0 Å². The maximum Gasteiger partial charge on any atom is 0.0931 e. The van der Waals surface area contributed by atoms with Crippen molar-refractivity contribution in [2.24, 2.45) is 0 Å². The lowest BCUT2D eigenvalue weighted by atomic mass is 10.1. The lowest BCUT2D eigenvalue weighted by Gasteiger charge is -2.08. The SMILES string of the molecule is Cc1cccc(CC(Br)c2ccc(Cl)s2)c1. The van der Waals surface area contributed by atoms with Crippen LogP contribution in [-0.2, 0) is 6.42 Å². The maximum absolute atomic E-state index is 5.93. The number of thiophene rings is 1. The third kappa shape index (κ3) is 3.09. The summed E-state index contributed by atoms with van der Waals surface area (Å²) in [5.41, 5.74) is 2.66. The van der Waals surface area contributed by atoms with Gasteiger partial charge >= 0.3 is 0 Å². The van der Waals surface area contributed by atoms with E-state index in [0.29, 0.717) is 4.83 Å². The van der Waals surface area contributed by atoms with Crippen molar-refractivity contribution in [2.45, 2.75) is 18.2 Å². The normalized spacial score (nSPS) is 12.7. The molecule has 0 spiro atoms. The summed E-state index contributed by atoms with van der Waals surface area (Å²) in [6, 6.07) is 12.6. The number of hydrogen-bond acceptors (Lipinski definition) is 1. The van der Waals surface area contributed by atoms with E-state index in [1.54, 1.807) is 11.3 Å². The molecule has 0 radical (unpaired) electrons. The Morgan fingerprint density at radius 3 is 2.75 bits per heavy atom. The summed E-state index contributed by atoms with van der Waals surface area (Å²) in [7, 11) is 0. The molecule has 0 amide bonds. The quantitative estimate of drug-likeness (QED) is 0.666. The summed E-state index contributed by atoms with van der Waals surface area (Å²) in [6.07, 6.45) is 0.999. The van der Waals surface area contributed by atoms with Crippen LogP contribution in [0.2, 0.25) is 4.34 Å². The molecule has 1 aromatic carbocycles. The van der Waals surface area contributed by atoms with Crippen molar-refractivity contribution < 1.29 is 0 Å². The molecular weight excluding hydrogens is 304 g/mol. The third-order valence-electron chi connectivity index (χ3n) is 2.40. The Hall–Kier alpha value is -0.310. The zero-order valence-electron chi connectivity index (χ0n) is 8.91. The lowest BCUT2D eigenvalue weighted by Crippen LogP contribution is -1.93. The first-order chi connectivity index (χ1) is 7.65. The molecule has 2 aromatic rings. The van der Waals surface area contributed by atoms with Gasteiger partial charge in [0, 0.05) is 4.88 Å². The van der Waals surface area contributed by atoms with Crippen LogP contribution in [0.25, 0.3) is 0 Å². The van der Waals surface area contributed by atoms with Gasteiger partial charge in [0.25, 0.3) is 0 Å². The van der Waals surface area contributed by atoms with Crippen molar-refractivity contribution >= 4 is 38.9 Å². The van der Waals surface area contributed by atoms with Crippen molar-refractivity contribution in [2.75, 3.05) is 0 Å². The highest BCUT2D eigenvalue weighted by molar-refractivity contribution is 9.09. The molecule has 0 saturated heterocycles. The van der Waals surface area contributed by atoms with Gasteiger partial charge in [-0.2, -0.15) is 0 Å². The monoisotopic (exact) mass is 314 g/mol. The van der Waals surface area contributed by atoms with Crippen LogP contribution < -0.4 is 0 Å². The minimum atomic E-state index is 0.354. The van der Waals surface area contributed by atoms with E-state index in [1.807, 2.05) is 6.07 Å². The van der Waals surface area contributed by atoms with Crippen LogP contribution in [0.15, 0.2) is 36.4 Å². The lowest BCUT2D eigenvalue weighted by molar-refractivity contribution is 0.967. The van der Waals surface area contributed by atoms with E-state index in [0.717, 1.165) is 10.8 Å². The van der Waals surface area contributed by atoms with Gasteiger partial charge in [0.05, 0.1) is 9.16 Å². The molecule has 0 aliphatic rings. The zero-order valence-corrected chi connectivity index (χ0v) is 12.1. The van der Waals surface area contributed by atoms with Gasteiger partial charge in [-0.3, -0.25) is 0 Å². The number of alkyl halides is 1. The predicted molar refractivity (Wildman–Crippen MR) is 75.9 cm³/mol. The number of hydrogen-bond donors (Lipinski definition) is 0. The number of aryl methyl sites for hydroxylation is 1. The predicted octanol–water partition coefficient (Wildman–Crippen LogP) is 5.39. The van der Waals surface area contributed by atoms with Crippen molar-refractivity contribution in [3.05, 3.63) is 56.7 Å². The fourth-order valence-electron chi connectivity index (χ4n) is 1.64. The average molecular weight is 316 g/mol. The summed E-state index contributed by atoms with van der Waals surface area (Å²) in [4.78, 5) is 1.64. The van der Waals surface area contributed by atoms with Crippen LogP contribution in [0.3, 0.4) is 0 Å². The molecule has 0 aliphatic heterocycles. The van der Waals surface area contributed by atoms with Crippen molar-refractivity contribution in [1.82, 2.24) is 0 Å². The van der Waals surface area contributed by atoms with Gasteiger partial charge in [0.2, 0.25) is 0 Å². The van der Waals surface area contributed by atoms with E-state index in [9.17, 15) is 0 Å². The largest absolute Gasteiger partial charge is 0.127 e. The molecule has 0 aliphatic carbocycles. The number of halogens is 2. The third-order valence-corrected chi connectivity index (χ3v) is 4.86. The molecule has 0 N–H and O–H groups in total. The van der Waals surface area contributed by atoms with E-state index >= 15 is 0 Å². The smallest absolute Gasteiger partial charge is 0.0931 e. The Balaban J connectivity index is 2.10. The van der Waals surface area contributed by atoms with Gasteiger partial charge in [0.15, 0.2) is 0 Å². The minimum Gasteiger partial charge on any atom is -0.127 e. The molecule has 3 heteroatoms.